The number of amides is 2. The molecule has 0 atom stereocenters. The van der Waals surface area contributed by atoms with Crippen LogP contribution in [0.3, 0.4) is 0 Å². The van der Waals surface area contributed by atoms with Crippen LogP contribution in [0.15, 0.2) is 54.7 Å². The highest BCUT2D eigenvalue weighted by atomic mass is 35.5. The summed E-state index contributed by atoms with van der Waals surface area (Å²) in [6, 6.07) is 14.7. The molecule has 5 rings (SSSR count). The minimum atomic E-state index is -0.301. The van der Waals surface area contributed by atoms with Crippen LogP contribution in [0.1, 0.15) is 24.6 Å². The molecule has 3 aromatic rings. The normalized spacial score (nSPS) is 17.6. The number of rotatable bonds is 5. The molecule has 200 valence electrons. The van der Waals surface area contributed by atoms with Crippen LogP contribution in [0.2, 0.25) is 5.02 Å². The second-order valence-corrected chi connectivity index (χ2v) is 9.92. The summed E-state index contributed by atoms with van der Waals surface area (Å²) in [5.41, 5.74) is 1.65. The van der Waals surface area contributed by atoms with E-state index in [1.165, 1.54) is 17.7 Å². The summed E-state index contributed by atoms with van der Waals surface area (Å²) in [5, 5.41) is 1.28. The van der Waals surface area contributed by atoms with Gasteiger partial charge in [-0.15, -0.1) is 24.8 Å². The Kier molecular flexibility index (Phi) is 9.73. The molecule has 37 heavy (non-hydrogen) atoms. The first kappa shape index (κ1) is 27.7. The minimum absolute atomic E-state index is 0. The number of H-pyrrole nitrogens is 1. The van der Waals surface area contributed by atoms with E-state index in [2.05, 4.69) is 21.8 Å². The third-order valence-electron chi connectivity index (χ3n) is 7.29. The zero-order valence-electron chi connectivity index (χ0n) is 21.9. The van der Waals surface area contributed by atoms with Crippen LogP contribution in [0.25, 0.3) is 10.9 Å². The van der Waals surface area contributed by atoms with Crippen molar-refractivity contribution >= 4 is 64.8 Å². The number of likely N-dealkylation sites (tertiary alicyclic amines) is 1. The van der Waals surface area contributed by atoms with Crippen LogP contribution in [-0.4, -0.2) is 90.4 Å². The summed E-state index contributed by atoms with van der Waals surface area (Å²) in [7, 11) is 2.17. The van der Waals surface area contributed by atoms with Gasteiger partial charge in [-0.1, -0.05) is 29.8 Å². The molecule has 0 unspecified atom stereocenters. The maximum Gasteiger partial charge on any atom is 0.258 e. The summed E-state index contributed by atoms with van der Waals surface area (Å²) in [5.74, 6) is -0.384. The molecule has 2 aliphatic heterocycles. The fraction of sp³-hybridized carbons (Fsp3) is 0.407. The molecule has 2 aliphatic rings. The Morgan fingerprint density at radius 1 is 1.03 bits per heavy atom. The van der Waals surface area contributed by atoms with Gasteiger partial charge in [0, 0.05) is 49.5 Å². The van der Waals surface area contributed by atoms with Gasteiger partial charge in [0.15, 0.2) is 0 Å². The number of para-hydroxylation sites is 1. The highest BCUT2D eigenvalue weighted by Crippen LogP contribution is 2.28. The molecular weight excluding hydrogens is 533 g/mol. The van der Waals surface area contributed by atoms with Crippen LogP contribution in [-0.2, 0) is 4.79 Å². The van der Waals surface area contributed by atoms with Gasteiger partial charge in [-0.25, -0.2) is 0 Å². The molecule has 2 aromatic carbocycles. The third kappa shape index (κ3) is 6.59. The van der Waals surface area contributed by atoms with Crippen molar-refractivity contribution in [2.75, 3.05) is 57.8 Å². The maximum atomic E-state index is 13.7. The number of aromatic nitrogens is 1. The average Bonchev–Trinajstić information content (AvgIpc) is 3.27. The molecule has 7 nitrogen and oxygen atoms in total. The Balaban J connectivity index is 0.00000200. The molecule has 0 radical (unpaired) electrons. The van der Waals surface area contributed by atoms with Crippen molar-refractivity contribution in [1.29, 1.82) is 0 Å². The van der Waals surface area contributed by atoms with Crippen molar-refractivity contribution in [3.63, 3.8) is 0 Å². The van der Waals surface area contributed by atoms with Crippen molar-refractivity contribution in [3.8, 4) is 0 Å². The summed E-state index contributed by atoms with van der Waals surface area (Å²) >= 11 is 6.47. The van der Waals surface area contributed by atoms with Crippen LogP contribution < -0.4 is 4.90 Å². The van der Waals surface area contributed by atoms with Gasteiger partial charge in [-0.3, -0.25) is 19.4 Å². The molecule has 0 bridgehead atoms. The van der Waals surface area contributed by atoms with Crippen molar-refractivity contribution < 1.29 is 11.0 Å². The van der Waals surface area contributed by atoms with Gasteiger partial charge < -0.3 is 14.8 Å². The number of hydrogen-bond acceptors (Lipinski definition) is 4. The second kappa shape index (κ2) is 13.0. The Bertz CT molecular complexity index is 1260. The fourth-order valence-corrected chi connectivity index (χ4v) is 5.38. The summed E-state index contributed by atoms with van der Waals surface area (Å²) in [6.07, 6.45) is 2.63. The number of benzene rings is 2. The minimum Gasteiger partial charge on any atom is -0.361 e. The Labute approximate surface area is 236 Å². The fourth-order valence-electron chi connectivity index (χ4n) is 5.14. The lowest BCUT2D eigenvalue weighted by molar-refractivity contribution is -0.131. The number of piperidine rings is 1. The van der Waals surface area contributed by atoms with E-state index in [-0.39, 0.29) is 49.3 Å². The molecule has 0 aliphatic carbocycles. The Hall–Kier alpha value is -2.29. The molecule has 0 saturated carbocycles. The molecule has 1 N–H and O–H groups in total. The standard InChI is InChI=1S/C27H32ClN5O2.2ClH/c1-30-12-9-22(10-13-30)31-14-16-32(17-15-31)26(34)19-33(25-5-3-2-4-23(25)28)27(35)21-7-6-20-8-11-29-24(20)18-21;;/h2-8,11,18,22,29H,9-10,12-17,19H2,1H3;2*1H/i11D;;. The van der Waals surface area contributed by atoms with E-state index in [4.69, 9.17) is 13.0 Å². The van der Waals surface area contributed by atoms with E-state index in [0.717, 1.165) is 31.6 Å². The number of fused-ring (bicyclic) bond motifs is 1. The maximum absolute atomic E-state index is 13.7. The molecule has 2 saturated heterocycles. The van der Waals surface area contributed by atoms with Gasteiger partial charge in [-0.2, -0.15) is 0 Å². The van der Waals surface area contributed by atoms with Gasteiger partial charge >= 0.3 is 0 Å². The van der Waals surface area contributed by atoms with E-state index >= 15 is 0 Å². The van der Waals surface area contributed by atoms with Gasteiger partial charge in [-0.05, 0) is 68.7 Å². The number of piperazine rings is 1. The lowest BCUT2D eigenvalue weighted by Crippen LogP contribution is -2.55. The van der Waals surface area contributed by atoms with E-state index < -0.39 is 0 Å². The lowest BCUT2D eigenvalue weighted by atomic mass is 10.0. The number of aromatic amines is 1. The first-order valence-corrected chi connectivity index (χ1v) is 12.6. The number of hydrogen-bond donors (Lipinski definition) is 1. The SMILES string of the molecule is Cl.Cl.[2H]c1cc2ccc(C(=O)N(CC(=O)N3CCN(C4CCN(C)CC4)CC3)c3ccccc3Cl)cc2[nH]1. The molecular formula is C27H34Cl3N5O2. The molecule has 0 spiro atoms. The summed E-state index contributed by atoms with van der Waals surface area (Å²) in [4.78, 5) is 38.3. The summed E-state index contributed by atoms with van der Waals surface area (Å²) in [6.45, 7) is 5.21. The van der Waals surface area contributed by atoms with Crippen molar-refractivity contribution in [3.05, 3.63) is 65.3 Å². The average molecular weight is 568 g/mol. The first-order valence-electron chi connectivity index (χ1n) is 12.7. The van der Waals surface area contributed by atoms with Crippen molar-refractivity contribution in [2.24, 2.45) is 0 Å². The number of carbonyl (C=O) groups excluding carboxylic acids is 2. The monoisotopic (exact) mass is 566 g/mol. The van der Waals surface area contributed by atoms with Gasteiger partial charge in [0.1, 0.15) is 6.54 Å². The topological polar surface area (TPSA) is 62.9 Å². The number of halogens is 3. The molecule has 10 heteroatoms. The second-order valence-electron chi connectivity index (χ2n) is 9.51. The third-order valence-corrected chi connectivity index (χ3v) is 7.61. The zero-order chi connectivity index (χ0) is 25.2. The van der Waals surface area contributed by atoms with E-state index in [1.807, 2.05) is 17.0 Å². The van der Waals surface area contributed by atoms with E-state index in [1.54, 1.807) is 36.4 Å². The Morgan fingerprint density at radius 3 is 2.43 bits per heavy atom. The highest BCUT2D eigenvalue weighted by Gasteiger charge is 2.30. The van der Waals surface area contributed by atoms with Crippen LogP contribution >= 0.6 is 36.4 Å². The van der Waals surface area contributed by atoms with E-state index in [0.29, 0.717) is 40.9 Å². The van der Waals surface area contributed by atoms with E-state index in [9.17, 15) is 9.59 Å². The molecule has 1 aromatic heterocycles. The number of anilines is 1. The van der Waals surface area contributed by atoms with Crippen LogP contribution in [0, 0.1) is 0 Å². The number of nitrogens with zero attached hydrogens (tertiary/aromatic N) is 4. The quantitative estimate of drug-likeness (QED) is 0.491. The van der Waals surface area contributed by atoms with Gasteiger partial charge in [0.25, 0.3) is 5.91 Å². The predicted molar refractivity (Wildman–Crippen MR) is 155 cm³/mol. The predicted octanol–water partition coefficient (Wildman–Crippen LogP) is 4.55. The largest absolute Gasteiger partial charge is 0.361 e. The molecule has 3 heterocycles. The molecule has 2 amide bonds. The van der Waals surface area contributed by atoms with Crippen LogP contribution in [0.4, 0.5) is 5.69 Å². The first-order chi connectivity index (χ1) is 17.4. The highest BCUT2D eigenvalue weighted by molar-refractivity contribution is 6.34. The van der Waals surface area contributed by atoms with Gasteiger partial charge in [0.2, 0.25) is 5.91 Å². The lowest BCUT2D eigenvalue weighted by Gasteiger charge is -2.42. The summed E-state index contributed by atoms with van der Waals surface area (Å²) < 4.78 is 7.82. The van der Waals surface area contributed by atoms with Crippen molar-refractivity contribution in [1.82, 2.24) is 19.7 Å². The molecule has 2 fully saturated rings. The smallest absolute Gasteiger partial charge is 0.258 e. The number of nitrogens with one attached hydrogen (secondary N) is 1. The zero-order valence-corrected chi connectivity index (χ0v) is 23.2. The van der Waals surface area contributed by atoms with Gasteiger partial charge in [0.05, 0.1) is 12.1 Å². The van der Waals surface area contributed by atoms with Crippen molar-refractivity contribution in [2.45, 2.75) is 18.9 Å². The van der Waals surface area contributed by atoms with Crippen LogP contribution in [0.5, 0.6) is 0 Å². The Morgan fingerprint density at radius 2 is 1.73 bits per heavy atom. The number of carbonyl (C=O) groups is 2.